The molecule has 0 bridgehead atoms. The molecular formula is C6H9N3O2S. The van der Waals surface area contributed by atoms with Crippen molar-refractivity contribution in [3.63, 3.8) is 0 Å². The van der Waals surface area contributed by atoms with Gasteiger partial charge >= 0.3 is 6.09 Å². The molecule has 0 aliphatic carbocycles. The van der Waals surface area contributed by atoms with E-state index in [4.69, 9.17) is 5.11 Å². The van der Waals surface area contributed by atoms with Crippen LogP contribution in [0.2, 0.25) is 0 Å². The van der Waals surface area contributed by atoms with E-state index in [0.717, 1.165) is 4.90 Å². The lowest BCUT2D eigenvalue weighted by molar-refractivity contribution is 0.202. The minimum Gasteiger partial charge on any atom is -0.465 e. The molecule has 6 heteroatoms. The second-order valence-electron chi connectivity index (χ2n) is 2.19. The molecule has 0 saturated carbocycles. The molecule has 1 aromatic heterocycles. The molecule has 1 N–H and O–H groups in total. The van der Waals surface area contributed by atoms with Crippen molar-refractivity contribution in [1.29, 1.82) is 0 Å². The third-order valence-electron chi connectivity index (χ3n) is 1.41. The van der Waals surface area contributed by atoms with Gasteiger partial charge in [-0.15, -0.1) is 0 Å². The molecule has 5 nitrogen and oxygen atoms in total. The van der Waals surface area contributed by atoms with Gasteiger partial charge < -0.3 is 9.67 Å². The first kappa shape index (κ1) is 8.92. The molecule has 0 saturated heterocycles. The number of thiol groups is 1. The fourth-order valence-corrected chi connectivity index (χ4v) is 1.07. The number of anilines is 1. The first-order valence-corrected chi connectivity index (χ1v) is 3.88. The van der Waals surface area contributed by atoms with Crippen LogP contribution in [0.4, 0.5) is 10.7 Å². The topological polar surface area (TPSA) is 58.4 Å². The number of rotatable bonds is 2. The number of nitrogens with zero attached hydrogens (tertiary/aromatic N) is 3. The van der Waals surface area contributed by atoms with Gasteiger partial charge in [-0.25, -0.2) is 14.7 Å². The fraction of sp³-hybridized carbons (Fsp3) is 0.333. The van der Waals surface area contributed by atoms with Gasteiger partial charge in [0.25, 0.3) is 0 Å². The van der Waals surface area contributed by atoms with Crippen molar-refractivity contribution in [1.82, 2.24) is 9.55 Å². The number of imidazole rings is 1. The van der Waals surface area contributed by atoms with Crippen LogP contribution in [0.25, 0.3) is 0 Å². The summed E-state index contributed by atoms with van der Waals surface area (Å²) in [5, 5.41) is 8.69. The summed E-state index contributed by atoms with van der Waals surface area (Å²) in [5.41, 5.74) is 0. The van der Waals surface area contributed by atoms with Crippen molar-refractivity contribution < 1.29 is 9.90 Å². The highest BCUT2D eigenvalue weighted by atomic mass is 32.1. The van der Waals surface area contributed by atoms with E-state index in [2.05, 4.69) is 17.6 Å². The first-order chi connectivity index (χ1) is 5.66. The number of aryl methyl sites for hydroxylation is 1. The predicted octanol–water partition coefficient (Wildman–Crippen LogP) is 0.792. The molecule has 1 rings (SSSR count). The number of amides is 1. The van der Waals surface area contributed by atoms with Gasteiger partial charge in [-0.2, -0.15) is 12.6 Å². The highest BCUT2D eigenvalue weighted by Crippen LogP contribution is 2.09. The van der Waals surface area contributed by atoms with E-state index in [-0.39, 0.29) is 5.88 Å². The smallest absolute Gasteiger partial charge is 0.414 e. The monoisotopic (exact) mass is 187 g/mol. The molecule has 0 fully saturated rings. The number of hydrogen-bond acceptors (Lipinski definition) is 3. The van der Waals surface area contributed by atoms with E-state index >= 15 is 0 Å². The van der Waals surface area contributed by atoms with Gasteiger partial charge in [0.2, 0.25) is 5.95 Å². The van der Waals surface area contributed by atoms with E-state index in [1.165, 1.54) is 6.20 Å². The Bertz CT molecular complexity index is 286. The maximum absolute atomic E-state index is 10.6. The number of aromatic nitrogens is 2. The molecular weight excluding hydrogens is 178 g/mol. The molecule has 0 aliphatic rings. The van der Waals surface area contributed by atoms with Crippen molar-refractivity contribution in [2.45, 2.75) is 0 Å². The third kappa shape index (κ3) is 1.53. The van der Waals surface area contributed by atoms with Crippen molar-refractivity contribution in [2.24, 2.45) is 7.05 Å². The third-order valence-corrected chi connectivity index (χ3v) is 1.69. The quantitative estimate of drug-likeness (QED) is 0.531. The average Bonchev–Trinajstić information content (AvgIpc) is 2.38. The van der Waals surface area contributed by atoms with Gasteiger partial charge in [-0.05, 0) is 0 Å². The molecule has 12 heavy (non-hydrogen) atoms. The maximum atomic E-state index is 10.6. The van der Waals surface area contributed by atoms with Gasteiger partial charge in [-0.1, -0.05) is 0 Å². The fourth-order valence-electron chi connectivity index (χ4n) is 0.827. The van der Waals surface area contributed by atoms with E-state index in [1.54, 1.807) is 17.8 Å². The van der Waals surface area contributed by atoms with E-state index in [9.17, 15) is 4.79 Å². The minimum absolute atomic E-state index is 0.0974. The summed E-state index contributed by atoms with van der Waals surface area (Å²) in [6.07, 6.45) is 2.16. The highest BCUT2D eigenvalue weighted by molar-refractivity contribution is 7.80. The molecule has 0 aliphatic heterocycles. The number of hydrogen-bond donors (Lipinski definition) is 2. The number of carboxylic acid groups (broad SMARTS) is 1. The number of carbonyl (C=O) groups is 1. The van der Waals surface area contributed by atoms with Crippen LogP contribution >= 0.6 is 12.6 Å². The zero-order valence-electron chi connectivity index (χ0n) is 6.51. The lowest BCUT2D eigenvalue weighted by Crippen LogP contribution is -2.30. The van der Waals surface area contributed by atoms with Crippen molar-refractivity contribution in [2.75, 3.05) is 10.8 Å². The Balaban J connectivity index is 2.94. The average molecular weight is 187 g/mol. The molecule has 0 atom stereocenters. The summed E-state index contributed by atoms with van der Waals surface area (Å²) in [6, 6.07) is 0. The minimum atomic E-state index is -1.06. The van der Waals surface area contributed by atoms with Crippen molar-refractivity contribution >= 4 is 24.7 Å². The van der Waals surface area contributed by atoms with Crippen LogP contribution in [0, 0.1) is 0 Å². The van der Waals surface area contributed by atoms with Crippen LogP contribution in [0.15, 0.2) is 12.4 Å². The van der Waals surface area contributed by atoms with Crippen LogP contribution in [-0.2, 0) is 7.05 Å². The van der Waals surface area contributed by atoms with E-state index in [1.807, 2.05) is 0 Å². The normalized spacial score (nSPS) is 9.83. The highest BCUT2D eigenvalue weighted by Gasteiger charge is 2.15. The van der Waals surface area contributed by atoms with Crippen LogP contribution in [0.3, 0.4) is 0 Å². The largest absolute Gasteiger partial charge is 0.465 e. The molecule has 0 radical (unpaired) electrons. The Labute approximate surface area is 75.0 Å². The Morgan fingerprint density at radius 3 is 2.92 bits per heavy atom. The molecule has 0 spiro atoms. The molecule has 0 unspecified atom stereocenters. The molecule has 66 valence electrons. The summed E-state index contributed by atoms with van der Waals surface area (Å²) in [4.78, 5) is 15.5. The van der Waals surface area contributed by atoms with Gasteiger partial charge in [-0.3, -0.25) is 0 Å². The Morgan fingerprint density at radius 1 is 1.92 bits per heavy atom. The van der Waals surface area contributed by atoms with Crippen molar-refractivity contribution in [3.05, 3.63) is 12.4 Å². The predicted molar refractivity (Wildman–Crippen MR) is 47.6 cm³/mol. The lowest BCUT2D eigenvalue weighted by Gasteiger charge is -2.14. The van der Waals surface area contributed by atoms with E-state index in [0.29, 0.717) is 5.95 Å². The molecule has 0 aromatic carbocycles. The van der Waals surface area contributed by atoms with E-state index < -0.39 is 6.09 Å². The molecule has 1 heterocycles. The second-order valence-corrected chi connectivity index (χ2v) is 2.47. The first-order valence-electron chi connectivity index (χ1n) is 3.25. The van der Waals surface area contributed by atoms with Gasteiger partial charge in [0, 0.05) is 19.4 Å². The summed E-state index contributed by atoms with van der Waals surface area (Å²) in [6.45, 7) is 0. The molecule has 1 amide bonds. The Morgan fingerprint density at radius 2 is 2.58 bits per heavy atom. The van der Waals surface area contributed by atoms with Crippen LogP contribution in [0.1, 0.15) is 0 Å². The van der Waals surface area contributed by atoms with Gasteiger partial charge in [0.05, 0.1) is 5.88 Å². The van der Waals surface area contributed by atoms with Gasteiger partial charge in [0.15, 0.2) is 0 Å². The zero-order valence-corrected chi connectivity index (χ0v) is 7.40. The summed E-state index contributed by atoms with van der Waals surface area (Å²) in [5.74, 6) is 0.470. The SMILES string of the molecule is Cn1ccnc1N(CS)C(=O)O. The second kappa shape index (κ2) is 3.48. The van der Waals surface area contributed by atoms with Crippen LogP contribution in [-0.4, -0.2) is 26.6 Å². The maximum Gasteiger partial charge on any atom is 0.414 e. The van der Waals surface area contributed by atoms with Crippen LogP contribution < -0.4 is 4.90 Å². The zero-order chi connectivity index (χ0) is 9.14. The summed E-state index contributed by atoms with van der Waals surface area (Å²) in [7, 11) is 1.72. The standard InChI is InChI=1S/C6H9N3O2S/c1-8-3-2-7-5(8)9(4-12)6(10)11/h2-3,12H,4H2,1H3,(H,10,11). The van der Waals surface area contributed by atoms with Crippen molar-refractivity contribution in [3.8, 4) is 0 Å². The van der Waals surface area contributed by atoms with Crippen LogP contribution in [0.5, 0.6) is 0 Å². The lowest BCUT2D eigenvalue weighted by atomic mass is 10.8. The van der Waals surface area contributed by atoms with Gasteiger partial charge in [0.1, 0.15) is 0 Å². The molecule has 1 aromatic rings. The Hall–Kier alpha value is -1.17. The summed E-state index contributed by atoms with van der Waals surface area (Å²) < 4.78 is 1.62. The summed E-state index contributed by atoms with van der Waals surface area (Å²) >= 11 is 3.88. The Kier molecular flexibility index (Phi) is 2.59.